The number of carbonyl (C=O) groups is 1. The van der Waals surface area contributed by atoms with E-state index in [9.17, 15) is 4.79 Å². The zero-order valence-electron chi connectivity index (χ0n) is 13.2. The maximum absolute atomic E-state index is 10.7. The average Bonchev–Trinajstić information content (AvgIpc) is 2.40. The third-order valence-corrected chi connectivity index (χ3v) is 3.88. The summed E-state index contributed by atoms with van der Waals surface area (Å²) in [6.07, 6.45) is 10.6. The summed E-state index contributed by atoms with van der Waals surface area (Å²) in [4.78, 5) is 13.0. The maximum atomic E-state index is 10.7. The van der Waals surface area contributed by atoms with Crippen LogP contribution >= 0.6 is 0 Å². The molecule has 3 heteroatoms. The van der Waals surface area contributed by atoms with Crippen LogP contribution < -0.4 is 0 Å². The van der Waals surface area contributed by atoms with Gasteiger partial charge in [-0.1, -0.05) is 52.4 Å². The molecule has 0 aliphatic rings. The van der Waals surface area contributed by atoms with Crippen LogP contribution in [-0.4, -0.2) is 35.1 Å². The molecule has 0 bridgehead atoms. The van der Waals surface area contributed by atoms with Crippen LogP contribution in [0.4, 0.5) is 0 Å². The third-order valence-electron chi connectivity index (χ3n) is 3.88. The summed E-state index contributed by atoms with van der Waals surface area (Å²) in [5.74, 6) is -0.687. The minimum atomic E-state index is -0.687. The van der Waals surface area contributed by atoms with Crippen LogP contribution in [0, 0.1) is 0 Å². The van der Waals surface area contributed by atoms with Gasteiger partial charge in [-0.3, -0.25) is 4.79 Å². The zero-order valence-corrected chi connectivity index (χ0v) is 13.2. The molecule has 0 heterocycles. The number of hydrogen-bond donors (Lipinski definition) is 1. The largest absolute Gasteiger partial charge is 0.481 e. The average molecular weight is 271 g/mol. The van der Waals surface area contributed by atoms with E-state index in [1.807, 2.05) is 0 Å². The van der Waals surface area contributed by atoms with Gasteiger partial charge in [-0.05, 0) is 26.3 Å². The van der Waals surface area contributed by atoms with Gasteiger partial charge in [-0.2, -0.15) is 0 Å². The van der Waals surface area contributed by atoms with Crippen molar-refractivity contribution in [3.05, 3.63) is 0 Å². The van der Waals surface area contributed by atoms with Crippen molar-refractivity contribution >= 4 is 5.97 Å². The molecule has 3 nitrogen and oxygen atoms in total. The summed E-state index contributed by atoms with van der Waals surface area (Å²) in [7, 11) is 0. The van der Waals surface area contributed by atoms with E-state index < -0.39 is 5.97 Å². The highest BCUT2D eigenvalue weighted by molar-refractivity contribution is 5.66. The molecule has 1 unspecified atom stereocenters. The predicted molar refractivity (Wildman–Crippen MR) is 81.6 cm³/mol. The lowest BCUT2D eigenvalue weighted by atomic mass is 10.1. The smallest absolute Gasteiger partial charge is 0.304 e. The molecule has 19 heavy (non-hydrogen) atoms. The first-order valence-electron chi connectivity index (χ1n) is 8.07. The number of nitrogens with zero attached hydrogens (tertiary/aromatic N) is 1. The van der Waals surface area contributed by atoms with Gasteiger partial charge in [0.15, 0.2) is 0 Å². The van der Waals surface area contributed by atoms with E-state index in [0.29, 0.717) is 12.6 Å². The van der Waals surface area contributed by atoms with Crippen LogP contribution in [-0.2, 0) is 4.79 Å². The number of hydrogen-bond acceptors (Lipinski definition) is 2. The number of aliphatic carboxylic acids is 1. The molecular weight excluding hydrogens is 238 g/mol. The van der Waals surface area contributed by atoms with Gasteiger partial charge in [0.2, 0.25) is 0 Å². The summed E-state index contributed by atoms with van der Waals surface area (Å²) >= 11 is 0. The molecule has 0 amide bonds. The van der Waals surface area contributed by atoms with E-state index in [1.54, 1.807) is 0 Å². The van der Waals surface area contributed by atoms with Crippen molar-refractivity contribution in [1.82, 2.24) is 4.90 Å². The van der Waals surface area contributed by atoms with Gasteiger partial charge in [0.1, 0.15) is 0 Å². The summed E-state index contributed by atoms with van der Waals surface area (Å²) < 4.78 is 0. The van der Waals surface area contributed by atoms with Crippen LogP contribution in [0.5, 0.6) is 0 Å². The fourth-order valence-corrected chi connectivity index (χ4v) is 2.32. The standard InChI is InChI=1S/C16H33NO2/c1-4-6-7-8-9-10-11-13-17(15(3)5-2)14-12-16(18)19/h15H,4-14H2,1-3H3,(H,18,19). The monoisotopic (exact) mass is 271 g/mol. The van der Waals surface area contributed by atoms with Gasteiger partial charge >= 0.3 is 5.97 Å². The second-order valence-corrected chi connectivity index (χ2v) is 5.56. The van der Waals surface area contributed by atoms with Crippen molar-refractivity contribution in [2.75, 3.05) is 13.1 Å². The Labute approximate surface area is 119 Å². The van der Waals surface area contributed by atoms with Crippen molar-refractivity contribution in [2.24, 2.45) is 0 Å². The second-order valence-electron chi connectivity index (χ2n) is 5.56. The first-order valence-corrected chi connectivity index (χ1v) is 8.07. The van der Waals surface area contributed by atoms with Gasteiger partial charge < -0.3 is 10.0 Å². The van der Waals surface area contributed by atoms with E-state index in [0.717, 1.165) is 13.0 Å². The Morgan fingerprint density at radius 1 is 1.00 bits per heavy atom. The van der Waals surface area contributed by atoms with E-state index in [2.05, 4.69) is 25.7 Å². The molecular formula is C16H33NO2. The molecule has 0 aromatic rings. The predicted octanol–water partition coefficient (Wildman–Crippen LogP) is 4.31. The van der Waals surface area contributed by atoms with Gasteiger partial charge in [-0.15, -0.1) is 0 Å². The lowest BCUT2D eigenvalue weighted by Crippen LogP contribution is -2.35. The Hall–Kier alpha value is -0.570. The fourth-order valence-electron chi connectivity index (χ4n) is 2.32. The Morgan fingerprint density at radius 3 is 2.11 bits per heavy atom. The SMILES string of the molecule is CCCCCCCCCN(CCC(=O)O)C(C)CC. The molecule has 1 atom stereocenters. The van der Waals surface area contributed by atoms with Crippen LogP contribution in [0.15, 0.2) is 0 Å². The van der Waals surface area contributed by atoms with Crippen molar-refractivity contribution in [2.45, 2.75) is 84.6 Å². The van der Waals surface area contributed by atoms with Crippen molar-refractivity contribution in [1.29, 1.82) is 0 Å². The molecule has 0 aromatic carbocycles. The topological polar surface area (TPSA) is 40.5 Å². The van der Waals surface area contributed by atoms with Crippen molar-refractivity contribution in [3.63, 3.8) is 0 Å². The lowest BCUT2D eigenvalue weighted by Gasteiger charge is -2.27. The van der Waals surface area contributed by atoms with Crippen molar-refractivity contribution in [3.8, 4) is 0 Å². The van der Waals surface area contributed by atoms with Crippen LogP contribution in [0.25, 0.3) is 0 Å². The normalized spacial score (nSPS) is 12.8. The first kappa shape index (κ1) is 18.4. The van der Waals surface area contributed by atoms with E-state index in [1.165, 1.54) is 44.9 Å². The Bertz CT molecular complexity index is 219. The number of unbranched alkanes of at least 4 members (excludes halogenated alkanes) is 6. The van der Waals surface area contributed by atoms with Crippen molar-refractivity contribution < 1.29 is 9.90 Å². The molecule has 0 saturated carbocycles. The summed E-state index contributed by atoms with van der Waals surface area (Å²) in [6.45, 7) is 8.36. The number of carboxylic acids is 1. The molecule has 0 radical (unpaired) electrons. The molecule has 1 N–H and O–H groups in total. The molecule has 0 aliphatic heterocycles. The van der Waals surface area contributed by atoms with E-state index in [4.69, 9.17) is 5.11 Å². The summed E-state index contributed by atoms with van der Waals surface area (Å²) in [5.41, 5.74) is 0. The zero-order chi connectivity index (χ0) is 14.5. The third kappa shape index (κ3) is 11.0. The quantitative estimate of drug-likeness (QED) is 0.507. The molecule has 0 rings (SSSR count). The highest BCUT2D eigenvalue weighted by atomic mass is 16.4. The molecule has 0 saturated heterocycles. The van der Waals surface area contributed by atoms with E-state index in [-0.39, 0.29) is 6.42 Å². The molecule has 0 spiro atoms. The van der Waals surface area contributed by atoms with Crippen LogP contribution in [0.1, 0.15) is 78.6 Å². The highest BCUT2D eigenvalue weighted by Gasteiger charge is 2.12. The maximum Gasteiger partial charge on any atom is 0.304 e. The van der Waals surface area contributed by atoms with E-state index >= 15 is 0 Å². The van der Waals surface area contributed by atoms with Gasteiger partial charge in [0.05, 0.1) is 6.42 Å². The fraction of sp³-hybridized carbons (Fsp3) is 0.938. The molecule has 0 aliphatic carbocycles. The van der Waals surface area contributed by atoms with Gasteiger partial charge in [0.25, 0.3) is 0 Å². The Morgan fingerprint density at radius 2 is 1.58 bits per heavy atom. The lowest BCUT2D eigenvalue weighted by molar-refractivity contribution is -0.137. The first-order chi connectivity index (χ1) is 9.11. The molecule has 0 aromatic heterocycles. The minimum Gasteiger partial charge on any atom is -0.481 e. The van der Waals surface area contributed by atoms with Gasteiger partial charge in [-0.25, -0.2) is 0 Å². The molecule has 114 valence electrons. The second kappa shape index (κ2) is 12.5. The Kier molecular flexibility index (Phi) is 12.1. The number of carboxylic acid groups (broad SMARTS) is 1. The number of rotatable bonds is 13. The van der Waals surface area contributed by atoms with Crippen LogP contribution in [0.3, 0.4) is 0 Å². The van der Waals surface area contributed by atoms with Crippen LogP contribution in [0.2, 0.25) is 0 Å². The van der Waals surface area contributed by atoms with Gasteiger partial charge in [0, 0.05) is 12.6 Å². The highest BCUT2D eigenvalue weighted by Crippen LogP contribution is 2.10. The molecule has 0 fully saturated rings. The summed E-state index contributed by atoms with van der Waals surface area (Å²) in [6, 6.07) is 0.499. The Balaban J connectivity index is 3.70. The minimum absolute atomic E-state index is 0.265. The summed E-state index contributed by atoms with van der Waals surface area (Å²) in [5, 5.41) is 8.78.